The fourth-order valence-electron chi connectivity index (χ4n) is 3.54. The Morgan fingerprint density at radius 1 is 1.33 bits per heavy atom. The van der Waals surface area contributed by atoms with Crippen LogP contribution in [0.15, 0.2) is 24.3 Å². The van der Waals surface area contributed by atoms with Crippen molar-refractivity contribution in [2.75, 3.05) is 18.5 Å². The molecule has 0 spiro atoms. The molecule has 0 saturated carbocycles. The van der Waals surface area contributed by atoms with E-state index in [1.54, 1.807) is 18.2 Å². The van der Waals surface area contributed by atoms with Crippen LogP contribution in [-0.4, -0.2) is 34.0 Å². The summed E-state index contributed by atoms with van der Waals surface area (Å²) < 4.78 is 7.71. The molecule has 2 aromatic rings. The van der Waals surface area contributed by atoms with E-state index in [2.05, 4.69) is 5.32 Å². The van der Waals surface area contributed by atoms with Crippen molar-refractivity contribution in [1.29, 1.82) is 0 Å². The van der Waals surface area contributed by atoms with Gasteiger partial charge in [0.05, 0.1) is 16.9 Å². The number of ether oxygens (including phenoxy) is 1. The number of carbonyl (C=O) groups is 1. The number of rotatable bonds is 3. The molecule has 0 aliphatic carbocycles. The first kappa shape index (κ1) is 15.2. The van der Waals surface area contributed by atoms with Crippen molar-refractivity contribution in [3.05, 3.63) is 41.1 Å². The summed E-state index contributed by atoms with van der Waals surface area (Å²) in [6.45, 7) is 1.69. The summed E-state index contributed by atoms with van der Waals surface area (Å²) in [5.74, 6) is 0.0583. The minimum atomic E-state index is -0.928. The van der Waals surface area contributed by atoms with Crippen LogP contribution in [0, 0.1) is 0 Å². The SMILES string of the molecule is O=C(O)c1cccc(-n2nc(C3CCCO3)c3c2NCCCC3)c1. The summed E-state index contributed by atoms with van der Waals surface area (Å²) in [5.41, 5.74) is 3.27. The highest BCUT2D eigenvalue weighted by molar-refractivity contribution is 5.88. The standard InChI is InChI=1S/C18H21N3O3/c22-18(23)12-5-3-6-13(11-12)21-17-14(7-1-2-9-19-17)16(20-21)15-8-4-10-24-15/h3,5-6,11,15,19H,1-2,4,7-10H2,(H,22,23). The number of benzene rings is 1. The van der Waals surface area contributed by atoms with Crippen molar-refractivity contribution in [2.24, 2.45) is 0 Å². The third-order valence-electron chi connectivity index (χ3n) is 4.73. The average molecular weight is 327 g/mol. The topological polar surface area (TPSA) is 76.4 Å². The maximum Gasteiger partial charge on any atom is 0.335 e. The molecule has 2 aliphatic rings. The van der Waals surface area contributed by atoms with Crippen LogP contribution in [0.4, 0.5) is 5.82 Å². The number of carboxylic acid groups (broad SMARTS) is 1. The smallest absolute Gasteiger partial charge is 0.335 e. The van der Waals surface area contributed by atoms with Crippen LogP contribution in [0.3, 0.4) is 0 Å². The number of carboxylic acids is 1. The van der Waals surface area contributed by atoms with Gasteiger partial charge in [-0.3, -0.25) is 0 Å². The van der Waals surface area contributed by atoms with Gasteiger partial charge in [0.2, 0.25) is 0 Å². The van der Waals surface area contributed by atoms with Gasteiger partial charge < -0.3 is 15.2 Å². The lowest BCUT2D eigenvalue weighted by Gasteiger charge is -2.09. The first-order valence-corrected chi connectivity index (χ1v) is 8.55. The predicted octanol–water partition coefficient (Wildman–Crippen LogP) is 3.17. The zero-order chi connectivity index (χ0) is 16.5. The molecular formula is C18H21N3O3. The molecule has 1 atom stereocenters. The molecule has 1 saturated heterocycles. The lowest BCUT2D eigenvalue weighted by Crippen LogP contribution is -2.08. The molecule has 24 heavy (non-hydrogen) atoms. The third-order valence-corrected chi connectivity index (χ3v) is 4.73. The Balaban J connectivity index is 1.82. The number of fused-ring (bicyclic) bond motifs is 1. The van der Waals surface area contributed by atoms with Crippen LogP contribution in [0.2, 0.25) is 0 Å². The van der Waals surface area contributed by atoms with Crippen molar-refractivity contribution in [2.45, 2.75) is 38.2 Å². The summed E-state index contributed by atoms with van der Waals surface area (Å²) >= 11 is 0. The Morgan fingerprint density at radius 3 is 3.04 bits per heavy atom. The van der Waals surface area contributed by atoms with Gasteiger partial charge in [-0.05, 0) is 50.3 Å². The molecule has 1 aromatic carbocycles. The third kappa shape index (κ3) is 2.67. The molecule has 0 amide bonds. The summed E-state index contributed by atoms with van der Waals surface area (Å²) in [4.78, 5) is 11.3. The second kappa shape index (κ2) is 6.28. The van der Waals surface area contributed by atoms with Gasteiger partial charge >= 0.3 is 5.97 Å². The molecule has 126 valence electrons. The summed E-state index contributed by atoms with van der Waals surface area (Å²) in [6.07, 6.45) is 5.35. The van der Waals surface area contributed by atoms with Crippen LogP contribution in [0.25, 0.3) is 5.69 Å². The van der Waals surface area contributed by atoms with Crippen LogP contribution < -0.4 is 5.32 Å². The molecule has 4 rings (SSSR count). The van der Waals surface area contributed by atoms with E-state index in [9.17, 15) is 9.90 Å². The Hall–Kier alpha value is -2.34. The number of hydrogen-bond acceptors (Lipinski definition) is 4. The van der Waals surface area contributed by atoms with Gasteiger partial charge in [0.25, 0.3) is 0 Å². The largest absolute Gasteiger partial charge is 0.478 e. The van der Waals surface area contributed by atoms with E-state index >= 15 is 0 Å². The van der Waals surface area contributed by atoms with Gasteiger partial charge in [0.15, 0.2) is 0 Å². The van der Waals surface area contributed by atoms with Crippen LogP contribution in [-0.2, 0) is 11.2 Å². The van der Waals surface area contributed by atoms with Crippen molar-refractivity contribution in [3.8, 4) is 5.69 Å². The number of anilines is 1. The van der Waals surface area contributed by atoms with E-state index in [1.807, 2.05) is 10.7 Å². The predicted molar refractivity (Wildman–Crippen MR) is 89.9 cm³/mol. The van der Waals surface area contributed by atoms with Crippen molar-refractivity contribution in [3.63, 3.8) is 0 Å². The fourth-order valence-corrected chi connectivity index (χ4v) is 3.54. The van der Waals surface area contributed by atoms with E-state index < -0.39 is 5.97 Å². The monoisotopic (exact) mass is 327 g/mol. The number of aromatic nitrogens is 2. The lowest BCUT2D eigenvalue weighted by atomic mass is 10.0. The highest BCUT2D eigenvalue weighted by Crippen LogP contribution is 2.36. The first-order valence-electron chi connectivity index (χ1n) is 8.55. The van der Waals surface area contributed by atoms with Gasteiger partial charge in [-0.2, -0.15) is 5.10 Å². The Kier molecular flexibility index (Phi) is 3.98. The Bertz CT molecular complexity index is 763. The van der Waals surface area contributed by atoms with Gasteiger partial charge in [-0.25, -0.2) is 9.48 Å². The van der Waals surface area contributed by atoms with Gasteiger partial charge in [-0.15, -0.1) is 0 Å². The summed E-state index contributed by atoms with van der Waals surface area (Å²) in [5, 5.41) is 17.6. The second-order valence-corrected chi connectivity index (χ2v) is 6.37. The van der Waals surface area contributed by atoms with E-state index in [-0.39, 0.29) is 11.7 Å². The maximum absolute atomic E-state index is 11.3. The van der Waals surface area contributed by atoms with Crippen LogP contribution in [0.5, 0.6) is 0 Å². The maximum atomic E-state index is 11.3. The number of nitrogens with one attached hydrogen (secondary N) is 1. The zero-order valence-electron chi connectivity index (χ0n) is 13.5. The molecule has 2 aliphatic heterocycles. The molecule has 0 radical (unpaired) electrons. The van der Waals surface area contributed by atoms with Crippen molar-refractivity contribution < 1.29 is 14.6 Å². The normalized spacial score (nSPS) is 20.2. The molecule has 0 bridgehead atoms. The molecule has 1 fully saturated rings. The minimum absolute atomic E-state index is 0.0579. The van der Waals surface area contributed by atoms with Crippen LogP contribution in [0.1, 0.15) is 53.4 Å². The Morgan fingerprint density at radius 2 is 2.25 bits per heavy atom. The van der Waals surface area contributed by atoms with Gasteiger partial charge in [-0.1, -0.05) is 6.07 Å². The molecule has 6 heteroatoms. The second-order valence-electron chi connectivity index (χ2n) is 6.37. The Labute approximate surface area is 140 Å². The number of hydrogen-bond donors (Lipinski definition) is 2. The van der Waals surface area contributed by atoms with E-state index in [1.165, 1.54) is 5.56 Å². The highest BCUT2D eigenvalue weighted by Gasteiger charge is 2.28. The lowest BCUT2D eigenvalue weighted by molar-refractivity contribution is 0.0697. The van der Waals surface area contributed by atoms with Gasteiger partial charge in [0.1, 0.15) is 11.9 Å². The molecule has 6 nitrogen and oxygen atoms in total. The number of aromatic carboxylic acids is 1. The van der Waals surface area contributed by atoms with Gasteiger partial charge in [0, 0.05) is 18.7 Å². The molecule has 2 N–H and O–H groups in total. The summed E-state index contributed by atoms with van der Waals surface area (Å²) in [7, 11) is 0. The molecule has 1 aromatic heterocycles. The molecular weight excluding hydrogens is 306 g/mol. The van der Waals surface area contributed by atoms with E-state index in [0.29, 0.717) is 0 Å². The average Bonchev–Trinajstić information content (AvgIpc) is 3.17. The van der Waals surface area contributed by atoms with Crippen molar-refractivity contribution in [1.82, 2.24) is 9.78 Å². The quantitative estimate of drug-likeness (QED) is 0.905. The van der Waals surface area contributed by atoms with E-state index in [4.69, 9.17) is 9.84 Å². The summed E-state index contributed by atoms with van der Waals surface area (Å²) in [6, 6.07) is 6.92. The fraction of sp³-hybridized carbons (Fsp3) is 0.444. The highest BCUT2D eigenvalue weighted by atomic mass is 16.5. The van der Waals surface area contributed by atoms with Crippen LogP contribution >= 0.6 is 0 Å². The minimum Gasteiger partial charge on any atom is -0.478 e. The van der Waals surface area contributed by atoms with Crippen molar-refractivity contribution >= 4 is 11.8 Å². The van der Waals surface area contributed by atoms with E-state index in [0.717, 1.165) is 62.5 Å². The zero-order valence-corrected chi connectivity index (χ0v) is 13.5. The molecule has 3 heterocycles. The first-order chi connectivity index (χ1) is 11.7. The number of nitrogens with zero attached hydrogens (tertiary/aromatic N) is 2. The molecule has 1 unspecified atom stereocenters.